The second-order valence-electron chi connectivity index (χ2n) is 4.05. The molecular formula is C10H7N3O8Pb. The molecule has 2 rings (SSSR count). The summed E-state index contributed by atoms with van der Waals surface area (Å²) < 4.78 is 9.46. The quantitative estimate of drug-likeness (QED) is 0.390. The maximum absolute atomic E-state index is 11.8. The number of benzene rings is 1. The average Bonchev–Trinajstić information content (AvgIpc) is 2.43. The molecule has 22 heavy (non-hydrogen) atoms. The first-order chi connectivity index (χ1) is 10.4. The topological polar surface area (TPSA) is 142 Å². The Bertz CT molecular complexity index is 648. The zero-order chi connectivity index (χ0) is 16.3. The van der Waals surface area contributed by atoms with Crippen molar-refractivity contribution in [3.05, 3.63) is 28.0 Å². The van der Waals surface area contributed by atoms with Gasteiger partial charge in [-0.3, -0.25) is 0 Å². The van der Waals surface area contributed by atoms with Crippen molar-refractivity contribution < 1.29 is 35.2 Å². The molecule has 0 saturated heterocycles. The Kier molecular flexibility index (Phi) is 4.84. The van der Waals surface area contributed by atoms with Crippen LogP contribution in [-0.4, -0.2) is 60.0 Å². The fraction of sp³-hybridized carbons (Fsp3) is 0.200. The summed E-state index contributed by atoms with van der Waals surface area (Å²) in [5.41, 5.74) is -0.264. The van der Waals surface area contributed by atoms with Crippen LogP contribution in [-0.2, 0) is 15.2 Å². The number of anilines is 1. The number of aliphatic carboxylic acids is 2. The van der Waals surface area contributed by atoms with E-state index < -0.39 is 50.2 Å². The number of rotatable bonds is 5. The predicted octanol–water partition coefficient (Wildman–Crippen LogP) is -2.78. The Morgan fingerprint density at radius 2 is 1.68 bits per heavy atom. The predicted molar refractivity (Wildman–Crippen MR) is 63.2 cm³/mol. The number of carboxylic acids is 2. The van der Waals surface area contributed by atoms with Crippen molar-refractivity contribution >= 4 is 54.1 Å². The van der Waals surface area contributed by atoms with Gasteiger partial charge in [0, 0.05) is 0 Å². The SMILES string of the molecule is O=C([O-])CN(CC(=O)[O-])c1ccc2cc1[N+](=O)[O][Pb][O][N+]2=O. The number of hydrogen-bond donors (Lipinski definition) is 0. The van der Waals surface area contributed by atoms with Crippen LogP contribution < -0.4 is 15.1 Å². The summed E-state index contributed by atoms with van der Waals surface area (Å²) in [5, 5.41) is 21.5. The summed E-state index contributed by atoms with van der Waals surface area (Å²) in [7, 11) is 0. The van der Waals surface area contributed by atoms with E-state index in [0.717, 1.165) is 11.0 Å². The molecule has 0 spiro atoms. The second-order valence-corrected chi connectivity index (χ2v) is 6.12. The average molecular weight is 504 g/mol. The monoisotopic (exact) mass is 505 g/mol. The molecule has 11 nitrogen and oxygen atoms in total. The number of carboxylic acid groups (broad SMARTS) is 2. The molecule has 0 atom stereocenters. The van der Waals surface area contributed by atoms with Crippen molar-refractivity contribution in [1.82, 2.24) is 0 Å². The van der Waals surface area contributed by atoms with E-state index in [9.17, 15) is 29.6 Å². The molecule has 0 unspecified atom stereocenters. The Morgan fingerprint density at radius 1 is 1.09 bits per heavy atom. The van der Waals surface area contributed by atoms with Crippen molar-refractivity contribution in [3.8, 4) is 0 Å². The van der Waals surface area contributed by atoms with E-state index in [1.165, 1.54) is 12.1 Å². The molecule has 0 amide bonds. The third-order valence-electron chi connectivity index (χ3n) is 2.59. The van der Waals surface area contributed by atoms with Crippen LogP contribution in [0.25, 0.3) is 0 Å². The van der Waals surface area contributed by atoms with E-state index in [4.69, 9.17) is 5.58 Å². The molecule has 1 aromatic rings. The van der Waals surface area contributed by atoms with Gasteiger partial charge in [-0.05, 0) is 0 Å². The zero-order valence-corrected chi connectivity index (χ0v) is 14.6. The van der Waals surface area contributed by atoms with Gasteiger partial charge in [-0.25, -0.2) is 0 Å². The van der Waals surface area contributed by atoms with E-state index in [2.05, 4.69) is 0 Å². The van der Waals surface area contributed by atoms with Gasteiger partial charge >= 0.3 is 135 Å². The molecule has 0 saturated carbocycles. The van der Waals surface area contributed by atoms with E-state index in [1.54, 1.807) is 0 Å². The van der Waals surface area contributed by atoms with Gasteiger partial charge in [0.25, 0.3) is 0 Å². The molecule has 12 heteroatoms. The number of carbonyl (C=O) groups excluding carboxylic acids is 2. The molecule has 114 valence electrons. The standard InChI is InChI=1S/C10H9N3O8.Pb/c14-9(15)4-11(5-10(16)17)7-2-1-6(12(18)19)3-8(7)13(20)21;/h1-3H,4-5H2,(H,14,15)(H,16,17);/q;+2/p-2. The first-order valence-corrected chi connectivity index (χ1v) is 8.88. The molecule has 0 fully saturated rings. The van der Waals surface area contributed by atoms with Gasteiger partial charge in [-0.1, -0.05) is 0 Å². The van der Waals surface area contributed by atoms with Crippen LogP contribution in [0.3, 0.4) is 0 Å². The molecule has 1 aromatic carbocycles. The Labute approximate surface area is 135 Å². The molecule has 2 bridgehead atoms. The second kappa shape index (κ2) is 6.63. The van der Waals surface area contributed by atoms with E-state index in [0.29, 0.717) is 0 Å². The van der Waals surface area contributed by atoms with Crippen molar-refractivity contribution in [3.63, 3.8) is 0 Å². The van der Waals surface area contributed by atoms with Gasteiger partial charge in [-0.15, -0.1) is 0 Å². The minimum absolute atomic E-state index is 0.00255. The molecule has 2 radical (unpaired) electrons. The Balaban J connectivity index is 2.48. The minimum atomic E-state index is -2.44. The van der Waals surface area contributed by atoms with Gasteiger partial charge in [0.1, 0.15) is 0 Å². The normalized spacial score (nSPS) is 13.5. The molecule has 0 aromatic heterocycles. The van der Waals surface area contributed by atoms with Crippen molar-refractivity contribution in [2.24, 2.45) is 0 Å². The summed E-state index contributed by atoms with van der Waals surface area (Å²) in [6.07, 6.45) is 0. The third-order valence-corrected chi connectivity index (χ3v) is 4.46. The summed E-state index contributed by atoms with van der Waals surface area (Å²) >= 11 is -2.44. The summed E-state index contributed by atoms with van der Waals surface area (Å²) in [5.74, 6) is -3.10. The number of nitrogens with zero attached hydrogens (tertiary/aromatic N) is 3. The van der Waals surface area contributed by atoms with Gasteiger partial charge in [0.15, 0.2) is 0 Å². The van der Waals surface area contributed by atoms with Crippen LogP contribution >= 0.6 is 0 Å². The van der Waals surface area contributed by atoms with Gasteiger partial charge in [-0.2, -0.15) is 0 Å². The maximum atomic E-state index is 11.8. The Hall–Kier alpha value is -2.32. The summed E-state index contributed by atoms with van der Waals surface area (Å²) in [6.45, 7) is -1.57. The summed E-state index contributed by atoms with van der Waals surface area (Å²) in [6, 6.07) is 3.56. The molecule has 1 aliphatic heterocycles. The first-order valence-electron chi connectivity index (χ1n) is 5.70. The molecule has 0 aliphatic carbocycles. The van der Waals surface area contributed by atoms with Crippen LogP contribution in [0.4, 0.5) is 17.1 Å². The number of carbonyl (C=O) groups is 2. The van der Waals surface area contributed by atoms with Crippen molar-refractivity contribution in [1.29, 1.82) is 0 Å². The van der Waals surface area contributed by atoms with Crippen molar-refractivity contribution in [2.75, 3.05) is 18.0 Å². The number of fused-ring (bicyclic) bond motifs is 2. The van der Waals surface area contributed by atoms with Gasteiger partial charge < -0.3 is 0 Å². The van der Waals surface area contributed by atoms with Crippen LogP contribution in [0.1, 0.15) is 0 Å². The van der Waals surface area contributed by atoms with Crippen LogP contribution in [0.2, 0.25) is 0 Å². The molecule has 1 aliphatic rings. The Morgan fingerprint density at radius 3 is 2.27 bits per heavy atom. The number of hydrogen-bond acceptors (Lipinski definition) is 9. The van der Waals surface area contributed by atoms with Crippen LogP contribution in [0.5, 0.6) is 0 Å². The summed E-state index contributed by atoms with van der Waals surface area (Å²) in [4.78, 5) is 45.9. The van der Waals surface area contributed by atoms with Crippen LogP contribution in [0, 0.1) is 9.81 Å². The van der Waals surface area contributed by atoms with Crippen LogP contribution in [0.15, 0.2) is 18.2 Å². The fourth-order valence-electron chi connectivity index (χ4n) is 1.76. The molecular weight excluding hydrogens is 497 g/mol. The zero-order valence-electron chi connectivity index (χ0n) is 10.8. The third kappa shape index (κ3) is 3.66. The molecule has 0 N–H and O–H groups in total. The van der Waals surface area contributed by atoms with Gasteiger partial charge in [0.05, 0.1) is 0 Å². The van der Waals surface area contributed by atoms with E-state index in [-0.39, 0.29) is 26.9 Å². The van der Waals surface area contributed by atoms with E-state index >= 15 is 0 Å². The first kappa shape index (κ1) is 16.1. The van der Waals surface area contributed by atoms with E-state index in [1.807, 2.05) is 0 Å². The van der Waals surface area contributed by atoms with Crippen molar-refractivity contribution in [2.45, 2.75) is 0 Å². The fourth-order valence-corrected chi connectivity index (χ4v) is 3.21. The van der Waals surface area contributed by atoms with Gasteiger partial charge in [0.2, 0.25) is 0 Å². The molecule has 1 heterocycles.